The van der Waals surface area contributed by atoms with Gasteiger partial charge in [0.25, 0.3) is 5.91 Å². The first kappa shape index (κ1) is 27.0. The third kappa shape index (κ3) is 6.50. The Morgan fingerprint density at radius 2 is 1.66 bits per heavy atom. The summed E-state index contributed by atoms with van der Waals surface area (Å²) in [7, 11) is 0. The Bertz CT molecular complexity index is 994. The van der Waals surface area contributed by atoms with Crippen LogP contribution in [-0.4, -0.2) is 71.5 Å². The van der Waals surface area contributed by atoms with Crippen molar-refractivity contribution in [2.24, 2.45) is 17.8 Å². The van der Waals surface area contributed by atoms with Gasteiger partial charge >= 0.3 is 5.97 Å². The zero-order valence-corrected chi connectivity index (χ0v) is 22.6. The van der Waals surface area contributed by atoms with Gasteiger partial charge in [0.1, 0.15) is 6.04 Å². The molecule has 1 saturated carbocycles. The molecule has 3 heterocycles. The third-order valence-corrected chi connectivity index (χ3v) is 9.44. The van der Waals surface area contributed by atoms with E-state index in [9.17, 15) is 19.5 Å². The van der Waals surface area contributed by atoms with Crippen LogP contribution in [0.4, 0.5) is 5.69 Å². The average Bonchev–Trinajstić information content (AvgIpc) is 3.08. The van der Waals surface area contributed by atoms with Gasteiger partial charge in [-0.2, -0.15) is 0 Å². The van der Waals surface area contributed by atoms with E-state index < -0.39 is 12.0 Å². The molecule has 1 aromatic rings. The molecule has 0 spiro atoms. The molecule has 8 heteroatoms. The quantitative estimate of drug-likeness (QED) is 0.496. The maximum absolute atomic E-state index is 13.5. The van der Waals surface area contributed by atoms with E-state index in [-0.39, 0.29) is 18.2 Å². The highest BCUT2D eigenvalue weighted by Crippen LogP contribution is 2.33. The highest BCUT2D eigenvalue weighted by molar-refractivity contribution is 5.96. The van der Waals surface area contributed by atoms with Gasteiger partial charge in [0.05, 0.1) is 6.42 Å². The van der Waals surface area contributed by atoms with Crippen molar-refractivity contribution in [1.29, 1.82) is 0 Å². The summed E-state index contributed by atoms with van der Waals surface area (Å²) in [6.07, 6.45) is 11.6. The molecule has 3 aliphatic heterocycles. The number of piperidine rings is 2. The molecule has 3 fully saturated rings. The number of likely N-dealkylation sites (tertiary alicyclic amines) is 1. The molecule has 4 aliphatic rings. The van der Waals surface area contributed by atoms with E-state index in [1.54, 1.807) is 0 Å². The van der Waals surface area contributed by atoms with Crippen LogP contribution in [0.3, 0.4) is 0 Å². The maximum Gasteiger partial charge on any atom is 0.305 e. The SMILES string of the molecule is O=C(O)CC1Nc2ccc(C(=O)N3CCC(C4CCNCC4)CC3)cc2CN(CCC2CCCCC2)C1=O. The second-order valence-electron chi connectivity index (χ2n) is 11.9. The summed E-state index contributed by atoms with van der Waals surface area (Å²) in [5.74, 6) is 1.03. The van der Waals surface area contributed by atoms with E-state index in [0.29, 0.717) is 30.5 Å². The van der Waals surface area contributed by atoms with E-state index in [1.165, 1.54) is 44.9 Å². The number of nitrogens with zero attached hydrogens (tertiary/aromatic N) is 2. The summed E-state index contributed by atoms with van der Waals surface area (Å²) in [5.41, 5.74) is 2.30. The van der Waals surface area contributed by atoms with Gasteiger partial charge in [0, 0.05) is 37.4 Å². The molecule has 1 atom stereocenters. The first-order valence-electron chi connectivity index (χ1n) is 14.9. The molecular weight excluding hydrogens is 480 g/mol. The lowest BCUT2D eigenvalue weighted by Crippen LogP contribution is -2.42. The van der Waals surface area contributed by atoms with Gasteiger partial charge in [0.2, 0.25) is 5.91 Å². The fraction of sp³-hybridized carbons (Fsp3) is 0.700. The number of rotatable bonds is 7. The first-order chi connectivity index (χ1) is 18.5. The lowest BCUT2D eigenvalue weighted by Gasteiger charge is -2.38. The molecule has 0 radical (unpaired) electrons. The molecular formula is C30H44N4O4. The molecule has 2 amide bonds. The molecule has 208 valence electrons. The van der Waals surface area contributed by atoms with Crippen LogP contribution in [0.1, 0.15) is 86.6 Å². The Morgan fingerprint density at radius 3 is 2.37 bits per heavy atom. The smallest absolute Gasteiger partial charge is 0.305 e. The number of hydrogen-bond acceptors (Lipinski definition) is 5. The number of benzene rings is 1. The van der Waals surface area contributed by atoms with Crippen molar-refractivity contribution in [3.63, 3.8) is 0 Å². The largest absolute Gasteiger partial charge is 0.481 e. The topological polar surface area (TPSA) is 102 Å². The number of aliphatic carboxylic acids is 1. The highest BCUT2D eigenvalue weighted by Gasteiger charge is 2.33. The normalized spacial score (nSPS) is 24.0. The summed E-state index contributed by atoms with van der Waals surface area (Å²) < 4.78 is 0. The summed E-state index contributed by atoms with van der Waals surface area (Å²) in [5, 5.41) is 16.1. The van der Waals surface area contributed by atoms with Gasteiger partial charge in [0.15, 0.2) is 0 Å². The molecule has 1 aromatic carbocycles. The van der Waals surface area contributed by atoms with Crippen LogP contribution in [0.15, 0.2) is 18.2 Å². The number of carboxylic acid groups (broad SMARTS) is 1. The molecule has 0 aromatic heterocycles. The highest BCUT2D eigenvalue weighted by atomic mass is 16.4. The van der Waals surface area contributed by atoms with Crippen molar-refractivity contribution in [3.8, 4) is 0 Å². The van der Waals surface area contributed by atoms with Crippen molar-refractivity contribution in [2.75, 3.05) is 38.0 Å². The molecule has 8 nitrogen and oxygen atoms in total. The van der Waals surface area contributed by atoms with Gasteiger partial charge in [-0.25, -0.2) is 0 Å². The Labute approximate surface area is 226 Å². The van der Waals surface area contributed by atoms with Gasteiger partial charge in [-0.15, -0.1) is 0 Å². The molecule has 1 unspecified atom stereocenters. The minimum Gasteiger partial charge on any atom is -0.481 e. The van der Waals surface area contributed by atoms with Crippen molar-refractivity contribution in [2.45, 2.75) is 83.2 Å². The molecule has 38 heavy (non-hydrogen) atoms. The first-order valence-corrected chi connectivity index (χ1v) is 14.9. The number of nitrogens with one attached hydrogen (secondary N) is 2. The number of carbonyl (C=O) groups excluding carboxylic acids is 2. The summed E-state index contributed by atoms with van der Waals surface area (Å²) in [4.78, 5) is 42.2. The van der Waals surface area contributed by atoms with Crippen LogP contribution >= 0.6 is 0 Å². The monoisotopic (exact) mass is 524 g/mol. The standard InChI is InChI=1S/C30H44N4O4/c35-28(36)19-27-30(38)34(15-10-21-4-2-1-3-5-21)20-25-18-24(6-7-26(25)32-27)29(37)33-16-11-23(12-17-33)22-8-13-31-14-9-22/h6-7,18,21-23,27,31-32H,1-5,8-17,19-20H2,(H,35,36). The van der Waals surface area contributed by atoms with Crippen LogP contribution in [0.25, 0.3) is 0 Å². The summed E-state index contributed by atoms with van der Waals surface area (Å²) >= 11 is 0. The number of fused-ring (bicyclic) bond motifs is 1. The van der Waals surface area contributed by atoms with Gasteiger partial charge in [-0.3, -0.25) is 14.4 Å². The zero-order chi connectivity index (χ0) is 26.5. The lowest BCUT2D eigenvalue weighted by molar-refractivity contribution is -0.141. The molecule has 3 N–H and O–H groups in total. The fourth-order valence-electron chi connectivity index (χ4n) is 7.14. The number of carbonyl (C=O) groups is 3. The van der Waals surface area contributed by atoms with E-state index in [2.05, 4.69) is 10.6 Å². The van der Waals surface area contributed by atoms with Gasteiger partial charge < -0.3 is 25.5 Å². The minimum absolute atomic E-state index is 0.0583. The summed E-state index contributed by atoms with van der Waals surface area (Å²) in [6.45, 7) is 4.86. The van der Waals surface area contributed by atoms with Crippen molar-refractivity contribution in [3.05, 3.63) is 29.3 Å². The average molecular weight is 525 g/mol. The predicted molar refractivity (Wildman–Crippen MR) is 147 cm³/mol. The molecule has 2 saturated heterocycles. The van der Waals surface area contributed by atoms with Crippen LogP contribution in [0, 0.1) is 17.8 Å². The van der Waals surface area contributed by atoms with Crippen molar-refractivity contribution >= 4 is 23.5 Å². The molecule has 5 rings (SSSR count). The second kappa shape index (κ2) is 12.5. The van der Waals surface area contributed by atoms with Crippen molar-refractivity contribution in [1.82, 2.24) is 15.1 Å². The van der Waals surface area contributed by atoms with Gasteiger partial charge in [-0.1, -0.05) is 32.1 Å². The lowest BCUT2D eigenvalue weighted by atomic mass is 9.79. The second-order valence-corrected chi connectivity index (χ2v) is 11.9. The predicted octanol–water partition coefficient (Wildman–Crippen LogP) is 4.11. The van der Waals surface area contributed by atoms with Gasteiger partial charge in [-0.05, 0) is 86.7 Å². The molecule has 0 bridgehead atoms. The van der Waals surface area contributed by atoms with Crippen LogP contribution in [-0.2, 0) is 16.1 Å². The fourth-order valence-corrected chi connectivity index (χ4v) is 7.14. The Morgan fingerprint density at radius 1 is 0.947 bits per heavy atom. The number of hydrogen-bond donors (Lipinski definition) is 3. The van der Waals surface area contributed by atoms with E-state index in [4.69, 9.17) is 0 Å². The summed E-state index contributed by atoms with van der Waals surface area (Å²) in [6, 6.07) is 4.81. The van der Waals surface area contributed by atoms with Crippen LogP contribution in [0.5, 0.6) is 0 Å². The zero-order valence-electron chi connectivity index (χ0n) is 22.6. The number of amides is 2. The number of carboxylic acids is 1. The minimum atomic E-state index is -0.994. The van der Waals surface area contributed by atoms with E-state index in [1.807, 2.05) is 28.0 Å². The van der Waals surface area contributed by atoms with Crippen LogP contribution in [0.2, 0.25) is 0 Å². The van der Waals surface area contributed by atoms with Crippen molar-refractivity contribution < 1.29 is 19.5 Å². The Kier molecular flexibility index (Phi) is 8.87. The Hall–Kier alpha value is -2.61. The number of anilines is 1. The van der Waals surface area contributed by atoms with E-state index >= 15 is 0 Å². The Balaban J connectivity index is 1.27. The maximum atomic E-state index is 13.5. The van der Waals surface area contributed by atoms with Crippen LogP contribution < -0.4 is 10.6 Å². The van der Waals surface area contributed by atoms with E-state index in [0.717, 1.165) is 62.6 Å². The molecule has 1 aliphatic carbocycles. The third-order valence-electron chi connectivity index (χ3n) is 9.44.